The maximum atomic E-state index is 14.0. The fraction of sp³-hybridized carbons (Fsp3) is 0.221. The minimum atomic E-state index is -4.67. The van der Waals surface area contributed by atoms with Crippen LogP contribution < -0.4 is 47.7 Å². The number of aliphatic hydroxyl groups excluding tert-OH is 11. The molecular formula is C86H91Eu2F12O19P3-4. The van der Waals surface area contributed by atoms with Crippen molar-refractivity contribution in [2.75, 3.05) is 0 Å². The quantitative estimate of drug-likeness (QED) is 0.00850. The van der Waals surface area contributed by atoms with Gasteiger partial charge >= 0.3 is 24.7 Å². The Bertz CT molecular complexity index is 4160. The van der Waals surface area contributed by atoms with E-state index in [1.54, 1.807) is 79.7 Å². The summed E-state index contributed by atoms with van der Waals surface area (Å²) in [6, 6.07) is 75.8. The molecule has 9 rings (SSSR count). The van der Waals surface area contributed by atoms with E-state index in [0.29, 0.717) is 58.3 Å². The van der Waals surface area contributed by atoms with Crippen LogP contribution in [0.4, 0.5) is 52.7 Å². The molecule has 0 aliphatic heterocycles. The van der Waals surface area contributed by atoms with Crippen LogP contribution in [0.25, 0.3) is 0 Å². The van der Waals surface area contributed by atoms with E-state index in [4.69, 9.17) is 57.5 Å². The number of benzene rings is 9. The van der Waals surface area contributed by atoms with E-state index < -0.39 is 114 Å². The maximum absolute atomic E-state index is 14.0. The fourth-order valence-corrected chi connectivity index (χ4v) is 17.3. The van der Waals surface area contributed by atoms with Gasteiger partial charge in [-0.15, -0.1) is 24.1 Å². The largest absolute Gasteiger partial charge is 0.457 e. The van der Waals surface area contributed by atoms with Gasteiger partial charge in [-0.3, -0.25) is 25.7 Å². The molecule has 19 nitrogen and oxygen atoms in total. The van der Waals surface area contributed by atoms with Crippen molar-refractivity contribution in [1.82, 2.24) is 0 Å². The molecule has 8 atom stereocenters. The molecule has 122 heavy (non-hydrogen) atoms. The Balaban J connectivity index is -0.00000137. The van der Waals surface area contributed by atoms with Gasteiger partial charge in [0, 0.05) is 177 Å². The van der Waals surface area contributed by atoms with Crippen molar-refractivity contribution in [3.8, 4) is 47.9 Å². The molecule has 0 amide bonds. The van der Waals surface area contributed by atoms with Crippen LogP contribution in [0.3, 0.4) is 0 Å². The van der Waals surface area contributed by atoms with Gasteiger partial charge in [-0.2, -0.15) is 64.8 Å². The van der Waals surface area contributed by atoms with Crippen molar-refractivity contribution < 1.29 is 248 Å². The van der Waals surface area contributed by atoms with E-state index in [9.17, 15) is 86.8 Å². The topological polar surface area (TPSA) is 399 Å². The van der Waals surface area contributed by atoms with Gasteiger partial charge in [0.2, 0.25) is 0 Å². The standard InChI is InChI=1S/2C19H17O3P.C19H16O3P.C9H4.4C5H8F3O2.2Eu.2H2O/c3*20-19(21)15-11-13-18(14-12-15)23(22,16-7-3-1-4-8-16)17-9-5-2-6-10-17;1-3-5-7-9-8-6-4-2;4*1-3(9)2-4(10)5(6,7)8;;;;/h2*1-14,19-21H;1-14,20-21H;1H,2H3;4*2-4,9-10H,1H3;;;2*1H2/q;;-1;;4*-1;;;;/p+1. The molecule has 0 heterocycles. The minimum Gasteiger partial charge on any atom is -0.457 e. The third-order valence-electron chi connectivity index (χ3n) is 14.9. The SMILES string of the molecule is C#CC#CC#CC#CC.CC(O)[CH-]C(O)C(F)(F)F.CC(O)[CH-]C(O)C(F)(F)F.CC(O)[CH-]C(O)C(F)(F)F.CC(O)[CH-]C(O)C(F)(F)F.O.O=P(c1ccccc1)(c1ccccc1)c1ccc(C(O)O)cc1.O=P(c1ccccc1)(c1ccccc1)c1ccc(C(O)O)cc1.O=P(c1ccccc1)(c1ccccc1)c1ccc([C-](O)O)cc1.[Eu].[Eu].[OH3+]. The molecule has 8 unspecified atom stereocenters. The van der Waals surface area contributed by atoms with Crippen LogP contribution in [0.2, 0.25) is 0 Å². The second-order valence-corrected chi connectivity index (χ2v) is 32.6. The van der Waals surface area contributed by atoms with E-state index >= 15 is 0 Å². The minimum absolute atomic E-state index is 0. The summed E-state index contributed by atoms with van der Waals surface area (Å²) in [4.78, 5) is 0. The zero-order valence-electron chi connectivity index (χ0n) is 65.1. The van der Waals surface area contributed by atoms with Gasteiger partial charge in [-0.25, -0.2) is 0 Å². The summed E-state index contributed by atoms with van der Waals surface area (Å²) < 4.78 is 179. The molecular weight excluding hydrogens is 1960 g/mol. The summed E-state index contributed by atoms with van der Waals surface area (Å²) in [7, 11) is -8.98. The summed E-state index contributed by atoms with van der Waals surface area (Å²) in [5.41, 5.74) is 1.05. The molecule has 0 spiro atoms. The van der Waals surface area contributed by atoms with Gasteiger partial charge < -0.3 is 96.1 Å². The number of aliphatic hydroxyl groups is 14. The molecule has 9 aromatic rings. The van der Waals surface area contributed by atoms with Crippen LogP contribution in [0.15, 0.2) is 255 Å². The molecule has 0 bridgehead atoms. The van der Waals surface area contributed by atoms with Crippen LogP contribution in [-0.4, -0.2) is 151 Å². The number of hydrogen-bond donors (Lipinski definition) is 14. The third kappa shape index (κ3) is 42.6. The van der Waals surface area contributed by atoms with Crippen molar-refractivity contribution in [2.45, 2.75) is 121 Å². The first-order chi connectivity index (χ1) is 55.1. The number of rotatable bonds is 20. The van der Waals surface area contributed by atoms with Crippen LogP contribution >= 0.6 is 21.4 Å². The number of halogens is 12. The molecule has 666 valence electrons. The maximum Gasteiger partial charge on any atom is 0.387 e. The number of terminal acetylenes is 1. The first-order valence-corrected chi connectivity index (χ1v) is 39.7. The second-order valence-electron chi connectivity index (χ2n) is 24.3. The van der Waals surface area contributed by atoms with Gasteiger partial charge in [0.15, 0.2) is 34.0 Å². The molecule has 36 heteroatoms. The number of alkyl halides is 12. The molecule has 0 aromatic heterocycles. The first kappa shape index (κ1) is 120. The van der Waals surface area contributed by atoms with Gasteiger partial charge in [0.1, 0.15) is 0 Å². The summed E-state index contributed by atoms with van der Waals surface area (Å²) in [5, 5.41) is 128. The van der Waals surface area contributed by atoms with E-state index in [2.05, 4.69) is 41.4 Å². The smallest absolute Gasteiger partial charge is 0.387 e. The molecule has 0 saturated heterocycles. The summed E-state index contributed by atoms with van der Waals surface area (Å²) in [5.74, 6) is 17.0. The molecule has 0 aliphatic rings. The average Bonchev–Trinajstić information content (AvgIpc) is 0.778. The van der Waals surface area contributed by atoms with Crippen molar-refractivity contribution in [3.63, 3.8) is 0 Å². The molecule has 0 fully saturated rings. The van der Waals surface area contributed by atoms with Crippen LogP contribution in [0, 0.1) is 179 Å². The Labute approximate surface area is 781 Å². The zero-order chi connectivity index (χ0) is 89.3. The third-order valence-corrected chi connectivity index (χ3v) is 24.2. The van der Waals surface area contributed by atoms with Gasteiger partial charge in [0.05, 0.1) is 6.29 Å². The van der Waals surface area contributed by atoms with Crippen molar-refractivity contribution >= 4 is 69.2 Å². The molecule has 19 N–H and O–H groups in total. The van der Waals surface area contributed by atoms with Crippen molar-refractivity contribution in [3.05, 3.63) is 303 Å². The van der Waals surface area contributed by atoms with Crippen LogP contribution in [-0.2, 0) is 19.2 Å². The average molecular weight is 2050 g/mol. The Kier molecular flexibility index (Phi) is 58.3. The Morgan fingerprint density at radius 1 is 0.311 bits per heavy atom. The summed E-state index contributed by atoms with van der Waals surface area (Å²) in [6.07, 6.45) is -31.2. The van der Waals surface area contributed by atoms with E-state index in [1.807, 2.05) is 182 Å². The molecule has 0 aliphatic carbocycles. The van der Waals surface area contributed by atoms with Crippen molar-refractivity contribution in [2.24, 2.45) is 0 Å². The van der Waals surface area contributed by atoms with Crippen LogP contribution in [0.1, 0.15) is 63.9 Å². The molecule has 2 radical (unpaired) electrons. The van der Waals surface area contributed by atoms with E-state index in [0.717, 1.165) is 59.5 Å². The van der Waals surface area contributed by atoms with E-state index in [1.165, 1.54) is 0 Å². The molecule has 0 saturated carbocycles. The van der Waals surface area contributed by atoms with Crippen molar-refractivity contribution in [1.29, 1.82) is 0 Å². The van der Waals surface area contributed by atoms with E-state index in [-0.39, 0.29) is 110 Å². The summed E-state index contributed by atoms with van der Waals surface area (Å²) >= 11 is 0. The van der Waals surface area contributed by atoms with Gasteiger partial charge in [0.25, 0.3) is 0 Å². The fourth-order valence-electron chi connectivity index (χ4n) is 9.39. The Hall–Kier alpha value is -6.53. The Morgan fingerprint density at radius 2 is 0.484 bits per heavy atom. The van der Waals surface area contributed by atoms with Crippen LogP contribution in [0.5, 0.6) is 0 Å². The second kappa shape index (κ2) is 59.4. The predicted octanol–water partition coefficient (Wildman–Crippen LogP) is 8.41. The molecule has 9 aromatic carbocycles. The number of hydrogen-bond acceptors (Lipinski definition) is 17. The monoisotopic (exact) mass is 2050 g/mol. The Morgan fingerprint density at radius 3 is 0.631 bits per heavy atom. The normalized spacial score (nSPS) is 12.9. The van der Waals surface area contributed by atoms with Gasteiger partial charge in [-0.1, -0.05) is 289 Å². The summed E-state index contributed by atoms with van der Waals surface area (Å²) in [6.45, 7) is 6.25. The first-order valence-electron chi connectivity index (χ1n) is 34.5. The predicted molar refractivity (Wildman–Crippen MR) is 437 cm³/mol. The zero-order valence-corrected chi connectivity index (χ0v) is 72.6. The van der Waals surface area contributed by atoms with Gasteiger partial charge in [-0.05, 0) is 47.8 Å².